The number of anilines is 1. The van der Waals surface area contributed by atoms with E-state index in [0.717, 1.165) is 17.7 Å². The summed E-state index contributed by atoms with van der Waals surface area (Å²) in [5.74, 6) is 0.496. The largest absolute Gasteiger partial charge is 0.382 e. The fourth-order valence-electron chi connectivity index (χ4n) is 1.72. The number of halogens is 2. The van der Waals surface area contributed by atoms with Gasteiger partial charge in [0, 0.05) is 11.7 Å². The molecule has 1 N–H and O–H groups in total. The van der Waals surface area contributed by atoms with Crippen LogP contribution >= 0.6 is 15.9 Å². The van der Waals surface area contributed by atoms with Gasteiger partial charge in [0.25, 0.3) is 0 Å². The van der Waals surface area contributed by atoms with Crippen molar-refractivity contribution in [3.63, 3.8) is 0 Å². The van der Waals surface area contributed by atoms with Crippen molar-refractivity contribution in [2.45, 2.75) is 46.6 Å². The second-order valence-corrected chi connectivity index (χ2v) is 5.95. The summed E-state index contributed by atoms with van der Waals surface area (Å²) in [6.45, 7) is 8.57. The summed E-state index contributed by atoms with van der Waals surface area (Å²) in [7, 11) is 0. The van der Waals surface area contributed by atoms with Gasteiger partial charge in [-0.2, -0.15) is 0 Å². The Morgan fingerprint density at radius 3 is 2.47 bits per heavy atom. The molecule has 1 aromatic rings. The lowest BCUT2D eigenvalue weighted by Gasteiger charge is -2.18. The van der Waals surface area contributed by atoms with Crippen molar-refractivity contribution in [2.75, 3.05) is 5.32 Å². The predicted molar refractivity (Wildman–Crippen MR) is 76.0 cm³/mol. The Labute approximate surface area is 112 Å². The quantitative estimate of drug-likeness (QED) is 0.794. The highest BCUT2D eigenvalue weighted by Crippen LogP contribution is 2.25. The number of nitrogens with one attached hydrogen (secondary N) is 1. The maximum Gasteiger partial charge on any atom is 0.139 e. The molecule has 96 valence electrons. The Hall–Kier alpha value is -0.570. The first-order chi connectivity index (χ1) is 7.90. The third-order valence-corrected chi connectivity index (χ3v) is 3.45. The molecule has 0 fully saturated rings. The average Bonchev–Trinajstić information content (AvgIpc) is 2.23. The molecule has 0 saturated carbocycles. The first-order valence-corrected chi connectivity index (χ1v) is 6.91. The molecule has 1 nitrogen and oxygen atoms in total. The van der Waals surface area contributed by atoms with Gasteiger partial charge in [-0.25, -0.2) is 4.39 Å². The summed E-state index contributed by atoms with van der Waals surface area (Å²) in [6.07, 6.45) is 2.29. The minimum atomic E-state index is -0.214. The molecule has 3 heteroatoms. The molecule has 0 bridgehead atoms. The molecule has 1 atom stereocenters. The molecule has 1 aromatic carbocycles. The summed E-state index contributed by atoms with van der Waals surface area (Å²) in [5.41, 5.74) is 1.96. The normalized spacial score (nSPS) is 12.9. The van der Waals surface area contributed by atoms with Crippen molar-refractivity contribution in [3.8, 4) is 0 Å². The molecule has 0 aliphatic carbocycles. The average molecular weight is 302 g/mol. The lowest BCUT2D eigenvalue weighted by atomic mass is 10.0. The van der Waals surface area contributed by atoms with Crippen LogP contribution in [0.3, 0.4) is 0 Å². The highest BCUT2D eigenvalue weighted by atomic mass is 79.9. The zero-order valence-electron chi connectivity index (χ0n) is 11.0. The molecule has 0 spiro atoms. The van der Waals surface area contributed by atoms with E-state index in [1.54, 1.807) is 6.07 Å². The van der Waals surface area contributed by atoms with E-state index in [0.29, 0.717) is 16.4 Å². The SMILES string of the molecule is Cc1cc(Br)c(F)cc1NC(C)CCC(C)C. The van der Waals surface area contributed by atoms with Gasteiger partial charge in [-0.15, -0.1) is 0 Å². The molecular weight excluding hydrogens is 281 g/mol. The highest BCUT2D eigenvalue weighted by Gasteiger charge is 2.08. The first-order valence-electron chi connectivity index (χ1n) is 6.12. The van der Waals surface area contributed by atoms with Crippen molar-refractivity contribution in [1.29, 1.82) is 0 Å². The first kappa shape index (κ1) is 14.5. The monoisotopic (exact) mass is 301 g/mol. The van der Waals surface area contributed by atoms with E-state index in [2.05, 4.69) is 42.0 Å². The third kappa shape index (κ3) is 4.66. The molecule has 0 amide bonds. The van der Waals surface area contributed by atoms with Crippen LogP contribution in [0.25, 0.3) is 0 Å². The van der Waals surface area contributed by atoms with Gasteiger partial charge in [0.05, 0.1) is 4.47 Å². The second kappa shape index (κ2) is 6.39. The van der Waals surface area contributed by atoms with Crippen molar-refractivity contribution >= 4 is 21.6 Å². The van der Waals surface area contributed by atoms with Gasteiger partial charge in [0.15, 0.2) is 0 Å². The van der Waals surface area contributed by atoms with E-state index in [9.17, 15) is 4.39 Å². The number of benzene rings is 1. The van der Waals surface area contributed by atoms with Crippen molar-refractivity contribution < 1.29 is 4.39 Å². The molecule has 1 rings (SSSR count). The van der Waals surface area contributed by atoms with Gasteiger partial charge >= 0.3 is 0 Å². The van der Waals surface area contributed by atoms with Crippen LogP contribution in [-0.4, -0.2) is 6.04 Å². The van der Waals surface area contributed by atoms with Crippen LogP contribution in [0.15, 0.2) is 16.6 Å². The summed E-state index contributed by atoms with van der Waals surface area (Å²) in [6, 6.07) is 3.75. The van der Waals surface area contributed by atoms with Gasteiger partial charge in [0.1, 0.15) is 5.82 Å². The highest BCUT2D eigenvalue weighted by molar-refractivity contribution is 9.10. The Morgan fingerprint density at radius 1 is 1.24 bits per heavy atom. The van der Waals surface area contributed by atoms with E-state index in [1.165, 1.54) is 6.42 Å². The Kier molecular flexibility index (Phi) is 5.44. The van der Waals surface area contributed by atoms with Gasteiger partial charge < -0.3 is 5.32 Å². The number of rotatable bonds is 5. The molecule has 0 saturated heterocycles. The van der Waals surface area contributed by atoms with Crippen LogP contribution in [0.1, 0.15) is 39.2 Å². The topological polar surface area (TPSA) is 12.0 Å². The zero-order valence-corrected chi connectivity index (χ0v) is 12.6. The minimum Gasteiger partial charge on any atom is -0.382 e. The third-order valence-electron chi connectivity index (χ3n) is 2.85. The molecule has 0 heterocycles. The predicted octanol–water partition coefficient (Wildman–Crippen LogP) is 5.13. The van der Waals surface area contributed by atoms with E-state index < -0.39 is 0 Å². The number of hydrogen-bond acceptors (Lipinski definition) is 1. The van der Waals surface area contributed by atoms with Crippen LogP contribution < -0.4 is 5.32 Å². The fraction of sp³-hybridized carbons (Fsp3) is 0.571. The van der Waals surface area contributed by atoms with Crippen LogP contribution in [0.2, 0.25) is 0 Å². The smallest absolute Gasteiger partial charge is 0.139 e. The lowest BCUT2D eigenvalue weighted by molar-refractivity contribution is 0.527. The Bertz CT molecular complexity index is 377. The van der Waals surface area contributed by atoms with Crippen LogP contribution in [-0.2, 0) is 0 Å². The van der Waals surface area contributed by atoms with Crippen molar-refractivity contribution in [2.24, 2.45) is 5.92 Å². The Balaban J connectivity index is 2.65. The molecular formula is C14H21BrFN. The number of hydrogen-bond donors (Lipinski definition) is 1. The summed E-state index contributed by atoms with van der Waals surface area (Å²) >= 11 is 3.19. The zero-order chi connectivity index (χ0) is 13.0. The Morgan fingerprint density at radius 2 is 1.88 bits per heavy atom. The van der Waals surface area contributed by atoms with E-state index in [4.69, 9.17) is 0 Å². The fourth-order valence-corrected chi connectivity index (χ4v) is 2.18. The summed E-state index contributed by atoms with van der Waals surface area (Å²) in [5, 5.41) is 3.37. The van der Waals surface area contributed by atoms with E-state index >= 15 is 0 Å². The molecule has 0 aromatic heterocycles. The van der Waals surface area contributed by atoms with Crippen LogP contribution in [0.5, 0.6) is 0 Å². The maximum atomic E-state index is 13.4. The molecule has 0 aliphatic heterocycles. The maximum absolute atomic E-state index is 13.4. The minimum absolute atomic E-state index is 0.214. The van der Waals surface area contributed by atoms with Crippen LogP contribution in [0.4, 0.5) is 10.1 Å². The second-order valence-electron chi connectivity index (χ2n) is 5.10. The summed E-state index contributed by atoms with van der Waals surface area (Å²) in [4.78, 5) is 0. The van der Waals surface area contributed by atoms with Gasteiger partial charge in [-0.05, 0) is 66.2 Å². The summed E-state index contributed by atoms with van der Waals surface area (Å²) < 4.78 is 14.0. The molecule has 17 heavy (non-hydrogen) atoms. The van der Waals surface area contributed by atoms with E-state index in [-0.39, 0.29) is 5.82 Å². The number of aryl methyl sites for hydroxylation is 1. The van der Waals surface area contributed by atoms with Gasteiger partial charge in [-0.3, -0.25) is 0 Å². The lowest BCUT2D eigenvalue weighted by Crippen LogP contribution is -2.16. The molecule has 1 unspecified atom stereocenters. The molecule has 0 radical (unpaired) electrons. The van der Waals surface area contributed by atoms with Gasteiger partial charge in [-0.1, -0.05) is 13.8 Å². The standard InChI is InChI=1S/C14H21BrFN/c1-9(2)5-6-11(4)17-14-8-13(16)12(15)7-10(14)3/h7-9,11,17H,5-6H2,1-4H3. The molecule has 0 aliphatic rings. The van der Waals surface area contributed by atoms with Crippen molar-refractivity contribution in [1.82, 2.24) is 0 Å². The van der Waals surface area contributed by atoms with Crippen molar-refractivity contribution in [3.05, 3.63) is 28.0 Å². The van der Waals surface area contributed by atoms with Crippen LogP contribution in [0, 0.1) is 18.7 Å². The van der Waals surface area contributed by atoms with Gasteiger partial charge in [0.2, 0.25) is 0 Å². The van der Waals surface area contributed by atoms with E-state index in [1.807, 2.05) is 13.0 Å².